The van der Waals surface area contributed by atoms with Crippen LogP contribution in [-0.2, 0) is 19.6 Å². The van der Waals surface area contributed by atoms with E-state index in [4.69, 9.17) is 0 Å². The highest BCUT2D eigenvalue weighted by Crippen LogP contribution is 2.75. The van der Waals surface area contributed by atoms with E-state index in [2.05, 4.69) is 41.8 Å². The lowest BCUT2D eigenvalue weighted by molar-refractivity contribution is -0.239. The first kappa shape index (κ1) is 31.3. The Kier molecular flexibility index (Phi) is 6.51. The maximum absolute atomic E-state index is 14.6. The molecule has 0 unspecified atom stereocenters. The lowest BCUT2D eigenvalue weighted by atomic mass is 9.33. The van der Waals surface area contributed by atoms with E-state index in [1.165, 1.54) is 18.5 Å². The maximum Gasteiger partial charge on any atom is 0.242 e. The van der Waals surface area contributed by atoms with Crippen molar-refractivity contribution < 1.29 is 23.1 Å². The number of aliphatic hydroxyl groups is 1. The third-order valence-corrected chi connectivity index (χ3v) is 15.1. The van der Waals surface area contributed by atoms with Crippen LogP contribution in [0, 0.1) is 50.2 Å². The van der Waals surface area contributed by atoms with Crippen LogP contribution >= 0.6 is 0 Å². The van der Waals surface area contributed by atoms with E-state index < -0.39 is 48.7 Å². The van der Waals surface area contributed by atoms with Crippen LogP contribution in [0.3, 0.4) is 0 Å². The summed E-state index contributed by atoms with van der Waals surface area (Å²) in [6, 6.07) is 3.53. The molecule has 0 aliphatic heterocycles. The van der Waals surface area contributed by atoms with Crippen LogP contribution in [0.15, 0.2) is 46.7 Å². The number of rotatable bonds is 3. The summed E-state index contributed by atoms with van der Waals surface area (Å²) in [6.45, 7) is 14.1. The van der Waals surface area contributed by atoms with Crippen molar-refractivity contribution in [3.05, 3.63) is 41.8 Å². The molecule has 1 aromatic rings. The van der Waals surface area contributed by atoms with Gasteiger partial charge in [-0.25, -0.2) is 13.1 Å². The van der Waals surface area contributed by atoms with Crippen LogP contribution in [0.1, 0.15) is 93.4 Å². The molecule has 5 aliphatic rings. The number of sulfonamides is 1. The highest BCUT2D eigenvalue weighted by Gasteiger charge is 2.75. The van der Waals surface area contributed by atoms with Crippen molar-refractivity contribution >= 4 is 21.6 Å². The van der Waals surface area contributed by atoms with E-state index >= 15 is 0 Å². The molecule has 0 spiro atoms. The zero-order chi connectivity index (χ0) is 32.4. The number of carbonyl (C=O) groups is 2. The number of allylic oxidation sites excluding steroid dienone is 3. The summed E-state index contributed by atoms with van der Waals surface area (Å²) in [5, 5.41) is 30.4. The summed E-state index contributed by atoms with van der Waals surface area (Å²) < 4.78 is 29.7. The minimum atomic E-state index is -3.92. The fourth-order valence-corrected chi connectivity index (χ4v) is 12.0. The molecule has 0 aromatic carbocycles. The zero-order valence-corrected chi connectivity index (χ0v) is 27.6. The van der Waals surface area contributed by atoms with E-state index in [9.17, 15) is 28.4 Å². The Hall–Kier alpha value is -2.74. The van der Waals surface area contributed by atoms with Gasteiger partial charge < -0.3 is 5.11 Å². The molecule has 8 atom stereocenters. The predicted molar refractivity (Wildman–Crippen MR) is 163 cm³/mol. The van der Waals surface area contributed by atoms with Crippen molar-refractivity contribution in [3.63, 3.8) is 0 Å². The fourth-order valence-electron chi connectivity index (χ4n) is 10.7. The van der Waals surface area contributed by atoms with Gasteiger partial charge in [0.1, 0.15) is 16.6 Å². The van der Waals surface area contributed by atoms with Gasteiger partial charge in [-0.2, -0.15) is 15.5 Å². The van der Waals surface area contributed by atoms with E-state index in [-0.39, 0.29) is 33.4 Å². The lowest BCUT2D eigenvalue weighted by Crippen LogP contribution is -2.74. The second kappa shape index (κ2) is 9.17. The largest absolute Gasteiger partial charge is 0.381 e. The van der Waals surface area contributed by atoms with Gasteiger partial charge in [0.05, 0.1) is 18.0 Å². The molecule has 2 N–H and O–H groups in total. The van der Waals surface area contributed by atoms with Crippen molar-refractivity contribution in [1.29, 1.82) is 5.26 Å². The minimum absolute atomic E-state index is 0.0202. The van der Waals surface area contributed by atoms with Crippen LogP contribution in [0.4, 0.5) is 0 Å². The van der Waals surface area contributed by atoms with Gasteiger partial charge >= 0.3 is 0 Å². The van der Waals surface area contributed by atoms with E-state index in [1.54, 1.807) is 12.2 Å². The summed E-state index contributed by atoms with van der Waals surface area (Å²) in [4.78, 5) is 27.9. The lowest BCUT2D eigenvalue weighted by Gasteiger charge is -2.71. The molecule has 1 heterocycles. The standard InChI is InChI=1S/C34H44N4O5S/c1-28(2)23-8-10-32(6)24(31(23,5)17-21(19-35)27(28)40)16-26(39)34(41)25-18-30(4,13-11-29(25,3)12-14-33(32,34)7)38-44(42,43)22-9-15-36-37-20-22/h9,15-17,20,23,25,38,41H,8,10-14,18H2,1-7H3/t23-,25+,29-,30-,31-,32+,33-,34+/m0/s1. The zero-order valence-electron chi connectivity index (χ0n) is 26.8. The molecule has 0 amide bonds. The SMILES string of the molecule is CC1(C)C(=O)C(C#N)=C[C@]2(C)C3=CC(=O)[C@]4(O)[C@@H]5C[C@@](C)(NS(=O)(=O)c6ccnnc6)CC[C@@]5(C)CC[C@@]4(C)[C@]3(C)CC[C@@H]12. The molecular weight excluding hydrogens is 576 g/mol. The van der Waals surface area contributed by atoms with E-state index in [0.717, 1.165) is 18.4 Å². The van der Waals surface area contributed by atoms with Gasteiger partial charge in [-0.05, 0) is 86.3 Å². The summed E-state index contributed by atoms with van der Waals surface area (Å²) in [5.74, 6) is -1.09. The number of ketones is 2. The summed E-state index contributed by atoms with van der Waals surface area (Å²) >= 11 is 0. The van der Waals surface area contributed by atoms with Gasteiger partial charge in [-0.3, -0.25) is 9.59 Å². The molecule has 3 fully saturated rings. The van der Waals surface area contributed by atoms with Crippen LogP contribution < -0.4 is 4.72 Å². The molecule has 6 rings (SSSR count). The molecule has 0 radical (unpaired) electrons. The monoisotopic (exact) mass is 620 g/mol. The number of aromatic nitrogens is 2. The topological polar surface area (TPSA) is 150 Å². The van der Waals surface area contributed by atoms with Gasteiger partial charge in [-0.1, -0.05) is 47.6 Å². The number of hydrogen-bond donors (Lipinski definition) is 2. The average Bonchev–Trinajstić information content (AvgIpc) is 2.95. The molecule has 236 valence electrons. The summed E-state index contributed by atoms with van der Waals surface area (Å²) in [7, 11) is -3.92. The third kappa shape index (κ3) is 3.78. The third-order valence-electron chi connectivity index (χ3n) is 13.5. The molecule has 0 saturated heterocycles. The number of nitrogens with one attached hydrogen (secondary N) is 1. The highest BCUT2D eigenvalue weighted by atomic mass is 32.2. The normalized spacial score (nSPS) is 44.6. The Bertz CT molecular complexity index is 1680. The molecular formula is C34H44N4O5S. The van der Waals surface area contributed by atoms with Gasteiger partial charge in [0.2, 0.25) is 10.0 Å². The van der Waals surface area contributed by atoms with Gasteiger partial charge in [0.25, 0.3) is 0 Å². The van der Waals surface area contributed by atoms with Crippen molar-refractivity contribution in [2.75, 3.05) is 0 Å². The molecule has 3 saturated carbocycles. The van der Waals surface area contributed by atoms with Crippen LogP contribution in [-0.4, -0.2) is 46.4 Å². The number of nitrogens with zero attached hydrogens (tertiary/aromatic N) is 3. The maximum atomic E-state index is 14.6. The molecule has 44 heavy (non-hydrogen) atoms. The number of nitriles is 1. The van der Waals surface area contributed by atoms with Crippen molar-refractivity contribution in [2.45, 2.75) is 109 Å². The van der Waals surface area contributed by atoms with E-state index in [1.807, 2.05) is 27.7 Å². The first-order valence-corrected chi connectivity index (χ1v) is 17.2. The first-order valence-electron chi connectivity index (χ1n) is 15.7. The van der Waals surface area contributed by atoms with Crippen LogP contribution in [0.2, 0.25) is 0 Å². The summed E-state index contributed by atoms with van der Waals surface area (Å²) in [6.07, 6.45) is 10.4. The van der Waals surface area contributed by atoms with Crippen molar-refractivity contribution in [1.82, 2.24) is 14.9 Å². The Balaban J connectivity index is 1.46. The minimum Gasteiger partial charge on any atom is -0.381 e. The van der Waals surface area contributed by atoms with Crippen molar-refractivity contribution in [2.24, 2.45) is 38.9 Å². The number of Topliss-reactive ketones (excluding diaryl/α,β-unsaturated/α-hetero) is 1. The summed E-state index contributed by atoms with van der Waals surface area (Å²) in [5.41, 5.74) is -4.86. The van der Waals surface area contributed by atoms with Gasteiger partial charge in [0, 0.05) is 27.7 Å². The smallest absolute Gasteiger partial charge is 0.242 e. The second-order valence-corrected chi connectivity index (χ2v) is 17.8. The molecule has 9 nitrogen and oxygen atoms in total. The predicted octanol–water partition coefficient (Wildman–Crippen LogP) is 4.84. The Morgan fingerprint density at radius 1 is 0.977 bits per heavy atom. The second-order valence-electron chi connectivity index (χ2n) is 16.1. The molecule has 0 bridgehead atoms. The molecule has 1 aromatic heterocycles. The van der Waals surface area contributed by atoms with Gasteiger partial charge in [-0.15, -0.1) is 0 Å². The van der Waals surface area contributed by atoms with Crippen molar-refractivity contribution in [3.8, 4) is 6.07 Å². The highest BCUT2D eigenvalue weighted by molar-refractivity contribution is 7.89. The Morgan fingerprint density at radius 2 is 1.66 bits per heavy atom. The van der Waals surface area contributed by atoms with E-state index in [0.29, 0.717) is 32.1 Å². The fraction of sp³-hybridized carbons (Fsp3) is 0.676. The van der Waals surface area contributed by atoms with Gasteiger partial charge in [0.15, 0.2) is 11.6 Å². The Morgan fingerprint density at radius 3 is 2.30 bits per heavy atom. The first-order chi connectivity index (χ1) is 20.2. The quantitative estimate of drug-likeness (QED) is 0.487. The number of hydrogen-bond acceptors (Lipinski definition) is 8. The number of fused-ring (bicyclic) bond motifs is 7. The van der Waals surface area contributed by atoms with Crippen LogP contribution in [0.25, 0.3) is 0 Å². The average molecular weight is 621 g/mol. The molecule has 10 heteroatoms. The Labute approximate surface area is 260 Å². The molecule has 5 aliphatic carbocycles. The number of carbonyl (C=O) groups excluding carboxylic acids is 2. The van der Waals surface area contributed by atoms with Crippen LogP contribution in [0.5, 0.6) is 0 Å².